The maximum atomic E-state index is 12.2. The summed E-state index contributed by atoms with van der Waals surface area (Å²) in [5.41, 5.74) is 3.99. The average Bonchev–Trinajstić information content (AvgIpc) is 2.99. The standard InChI is InChI=1S/C18H21N3O2/c1-12-7-8-21(11-13(12)2)17(22)10-19-18(23)16-9-14-5-3-4-6-15(14)20-16/h3-6,9,20H,7-8,10-11H2,1-2H3,(H,19,23). The van der Waals surface area contributed by atoms with Crippen LogP contribution < -0.4 is 5.32 Å². The number of carbonyl (C=O) groups is 2. The van der Waals surface area contributed by atoms with Crippen LogP contribution in [0.15, 0.2) is 41.5 Å². The number of amides is 2. The van der Waals surface area contributed by atoms with Crippen LogP contribution in [0.25, 0.3) is 10.9 Å². The first-order valence-electron chi connectivity index (χ1n) is 7.83. The molecule has 1 aliphatic heterocycles. The van der Waals surface area contributed by atoms with E-state index in [9.17, 15) is 9.59 Å². The van der Waals surface area contributed by atoms with Crippen LogP contribution in [0.4, 0.5) is 0 Å². The lowest BCUT2D eigenvalue weighted by Gasteiger charge is -2.28. The zero-order chi connectivity index (χ0) is 16.4. The van der Waals surface area contributed by atoms with Gasteiger partial charge in [-0.3, -0.25) is 9.59 Å². The largest absolute Gasteiger partial charge is 0.351 e. The Hall–Kier alpha value is -2.56. The Balaban J connectivity index is 1.59. The predicted octanol–water partition coefficient (Wildman–Crippen LogP) is 2.47. The van der Waals surface area contributed by atoms with Crippen LogP contribution in [0.3, 0.4) is 0 Å². The summed E-state index contributed by atoms with van der Waals surface area (Å²) >= 11 is 0. The van der Waals surface area contributed by atoms with Gasteiger partial charge in [0.1, 0.15) is 5.69 Å². The smallest absolute Gasteiger partial charge is 0.268 e. The molecule has 2 N–H and O–H groups in total. The lowest BCUT2D eigenvalue weighted by Crippen LogP contribution is -2.43. The van der Waals surface area contributed by atoms with Gasteiger partial charge in [0.15, 0.2) is 0 Å². The average molecular weight is 311 g/mol. The Morgan fingerprint density at radius 2 is 2.00 bits per heavy atom. The van der Waals surface area contributed by atoms with E-state index in [1.165, 1.54) is 11.1 Å². The number of carbonyl (C=O) groups excluding carboxylic acids is 2. The van der Waals surface area contributed by atoms with E-state index >= 15 is 0 Å². The molecule has 23 heavy (non-hydrogen) atoms. The molecule has 3 rings (SSSR count). The molecule has 120 valence electrons. The quantitative estimate of drug-likeness (QED) is 0.855. The number of rotatable bonds is 3. The van der Waals surface area contributed by atoms with E-state index in [-0.39, 0.29) is 18.4 Å². The Morgan fingerprint density at radius 1 is 1.22 bits per heavy atom. The molecule has 0 aliphatic carbocycles. The second kappa shape index (κ2) is 6.28. The minimum absolute atomic E-state index is 0.0283. The molecular formula is C18H21N3O2. The lowest BCUT2D eigenvalue weighted by molar-refractivity contribution is -0.129. The zero-order valence-electron chi connectivity index (χ0n) is 13.5. The summed E-state index contributed by atoms with van der Waals surface area (Å²) in [5, 5.41) is 3.69. The van der Waals surface area contributed by atoms with E-state index in [0.29, 0.717) is 12.2 Å². The number of aromatic nitrogens is 1. The van der Waals surface area contributed by atoms with Gasteiger partial charge in [-0.05, 0) is 32.4 Å². The molecule has 0 saturated heterocycles. The summed E-state index contributed by atoms with van der Waals surface area (Å²) in [7, 11) is 0. The highest BCUT2D eigenvalue weighted by atomic mass is 16.2. The Kier molecular flexibility index (Phi) is 4.19. The second-order valence-electron chi connectivity index (χ2n) is 6.08. The third-order valence-corrected chi connectivity index (χ3v) is 4.44. The van der Waals surface area contributed by atoms with Crippen molar-refractivity contribution in [1.82, 2.24) is 15.2 Å². The molecule has 5 nitrogen and oxygen atoms in total. The first-order valence-corrected chi connectivity index (χ1v) is 7.83. The van der Waals surface area contributed by atoms with Crippen molar-refractivity contribution in [2.45, 2.75) is 20.3 Å². The SMILES string of the molecule is CC1=C(C)CN(C(=O)CNC(=O)c2cc3ccccc3[nH]2)CC1. The van der Waals surface area contributed by atoms with E-state index in [2.05, 4.69) is 24.1 Å². The summed E-state index contributed by atoms with van der Waals surface area (Å²) in [4.78, 5) is 29.3. The molecule has 0 bridgehead atoms. The highest BCUT2D eigenvalue weighted by Crippen LogP contribution is 2.17. The van der Waals surface area contributed by atoms with Crippen molar-refractivity contribution in [1.29, 1.82) is 0 Å². The molecule has 0 radical (unpaired) electrons. The van der Waals surface area contributed by atoms with Crippen LogP contribution >= 0.6 is 0 Å². The third-order valence-electron chi connectivity index (χ3n) is 4.44. The fourth-order valence-corrected chi connectivity index (χ4v) is 2.79. The third kappa shape index (κ3) is 3.28. The molecule has 2 heterocycles. The molecule has 0 unspecified atom stereocenters. The fourth-order valence-electron chi connectivity index (χ4n) is 2.79. The molecule has 2 amide bonds. The predicted molar refractivity (Wildman–Crippen MR) is 90.2 cm³/mol. The van der Waals surface area contributed by atoms with Gasteiger partial charge in [0.25, 0.3) is 5.91 Å². The maximum Gasteiger partial charge on any atom is 0.268 e. The Labute approximate surface area is 135 Å². The summed E-state index contributed by atoms with van der Waals surface area (Å²) < 4.78 is 0. The first kappa shape index (κ1) is 15.3. The molecule has 1 aromatic heterocycles. The van der Waals surface area contributed by atoms with Gasteiger partial charge in [0.2, 0.25) is 5.91 Å². The van der Waals surface area contributed by atoms with Gasteiger partial charge in [0.05, 0.1) is 6.54 Å². The minimum Gasteiger partial charge on any atom is -0.351 e. The van der Waals surface area contributed by atoms with Crippen molar-refractivity contribution in [3.8, 4) is 0 Å². The summed E-state index contributed by atoms with van der Waals surface area (Å²) in [5.74, 6) is -0.295. The number of para-hydroxylation sites is 1. The molecule has 0 fully saturated rings. The van der Waals surface area contributed by atoms with Gasteiger partial charge < -0.3 is 15.2 Å². The summed E-state index contributed by atoms with van der Waals surface area (Å²) in [6.45, 7) is 5.57. The molecule has 5 heteroatoms. The molecule has 1 aliphatic rings. The van der Waals surface area contributed by atoms with Crippen molar-refractivity contribution in [2.75, 3.05) is 19.6 Å². The van der Waals surface area contributed by atoms with Gasteiger partial charge in [0, 0.05) is 24.0 Å². The summed E-state index contributed by atoms with van der Waals surface area (Å²) in [6, 6.07) is 9.50. The lowest BCUT2D eigenvalue weighted by atomic mass is 10.0. The maximum absolute atomic E-state index is 12.2. The number of nitrogens with zero attached hydrogens (tertiary/aromatic N) is 1. The van der Waals surface area contributed by atoms with E-state index in [4.69, 9.17) is 0 Å². The monoisotopic (exact) mass is 311 g/mol. The van der Waals surface area contributed by atoms with Gasteiger partial charge in [-0.25, -0.2) is 0 Å². The van der Waals surface area contributed by atoms with E-state index in [1.54, 1.807) is 11.0 Å². The van der Waals surface area contributed by atoms with Crippen molar-refractivity contribution >= 4 is 22.7 Å². The van der Waals surface area contributed by atoms with Gasteiger partial charge in [-0.15, -0.1) is 0 Å². The Morgan fingerprint density at radius 3 is 2.74 bits per heavy atom. The molecule has 0 saturated carbocycles. The number of hydrogen-bond donors (Lipinski definition) is 2. The Bertz CT molecular complexity index is 755. The van der Waals surface area contributed by atoms with Crippen molar-refractivity contribution in [2.24, 2.45) is 0 Å². The first-order chi connectivity index (χ1) is 11.0. The van der Waals surface area contributed by atoms with E-state index in [0.717, 1.165) is 23.9 Å². The fraction of sp³-hybridized carbons (Fsp3) is 0.333. The number of nitrogens with one attached hydrogen (secondary N) is 2. The van der Waals surface area contributed by atoms with Crippen molar-refractivity contribution < 1.29 is 9.59 Å². The van der Waals surface area contributed by atoms with Gasteiger partial charge in [-0.1, -0.05) is 29.3 Å². The van der Waals surface area contributed by atoms with Crippen molar-refractivity contribution in [3.05, 3.63) is 47.2 Å². The number of hydrogen-bond acceptors (Lipinski definition) is 2. The molecule has 2 aromatic rings. The highest BCUT2D eigenvalue weighted by molar-refractivity contribution is 5.99. The number of H-pyrrole nitrogens is 1. The normalized spacial score (nSPS) is 15.1. The van der Waals surface area contributed by atoms with Crippen LogP contribution in [0.1, 0.15) is 30.8 Å². The van der Waals surface area contributed by atoms with Gasteiger partial charge in [-0.2, -0.15) is 0 Å². The second-order valence-corrected chi connectivity index (χ2v) is 6.08. The number of aromatic amines is 1. The molecule has 0 atom stereocenters. The molecule has 0 spiro atoms. The van der Waals surface area contributed by atoms with Crippen molar-refractivity contribution in [3.63, 3.8) is 0 Å². The van der Waals surface area contributed by atoms with E-state index < -0.39 is 0 Å². The zero-order valence-corrected chi connectivity index (χ0v) is 13.5. The summed E-state index contributed by atoms with van der Waals surface area (Å²) in [6.07, 6.45) is 0.910. The molecular weight excluding hydrogens is 290 g/mol. The number of benzene rings is 1. The van der Waals surface area contributed by atoms with Crippen LogP contribution in [-0.2, 0) is 4.79 Å². The number of fused-ring (bicyclic) bond motifs is 1. The topological polar surface area (TPSA) is 65.2 Å². The van der Waals surface area contributed by atoms with Crippen LogP contribution in [-0.4, -0.2) is 41.3 Å². The van der Waals surface area contributed by atoms with Crippen LogP contribution in [0, 0.1) is 0 Å². The highest BCUT2D eigenvalue weighted by Gasteiger charge is 2.19. The van der Waals surface area contributed by atoms with E-state index in [1.807, 2.05) is 24.3 Å². The minimum atomic E-state index is -0.255. The van der Waals surface area contributed by atoms with Crippen LogP contribution in [0.2, 0.25) is 0 Å². The van der Waals surface area contributed by atoms with Gasteiger partial charge >= 0.3 is 0 Å². The molecule has 1 aromatic carbocycles. The van der Waals surface area contributed by atoms with Crippen LogP contribution in [0.5, 0.6) is 0 Å².